The molecular weight excluding hydrogens is 671 g/mol. The predicted octanol–water partition coefficient (Wildman–Crippen LogP) is 5.66. The largest absolute Gasteiger partial charge is 0.379 e. The Balaban J connectivity index is 1.29. The highest BCUT2D eigenvalue weighted by Crippen LogP contribution is 2.28. The third-order valence-electron chi connectivity index (χ3n) is 7.53. The minimum absolute atomic E-state index is 0.192. The van der Waals surface area contributed by atoms with Gasteiger partial charge in [0.2, 0.25) is 0 Å². The highest BCUT2D eigenvalue weighted by Gasteiger charge is 2.22. The summed E-state index contributed by atoms with van der Waals surface area (Å²) in [5, 5.41) is 14.6. The van der Waals surface area contributed by atoms with Crippen LogP contribution in [0, 0.1) is 13.8 Å². The number of nitrogens with zero attached hydrogens (tertiary/aromatic N) is 5. The number of nitrogens with one attached hydrogen (secondary N) is 3. The first-order chi connectivity index (χ1) is 21.2. The number of hydrogen-bond acceptors (Lipinski definition) is 9. The monoisotopic (exact) mass is 710 g/mol. The summed E-state index contributed by atoms with van der Waals surface area (Å²) < 4.78 is 13.6. The molecule has 1 aliphatic heterocycles. The molecule has 0 unspecified atom stereocenters. The van der Waals surface area contributed by atoms with Crippen molar-refractivity contribution in [2.75, 3.05) is 60.0 Å². The maximum Gasteiger partial charge on any atom is 0.255 e. The van der Waals surface area contributed by atoms with E-state index in [0.29, 0.717) is 21.7 Å². The van der Waals surface area contributed by atoms with Crippen LogP contribution in [-0.4, -0.2) is 74.6 Å². The van der Waals surface area contributed by atoms with E-state index in [-0.39, 0.29) is 5.91 Å². The van der Waals surface area contributed by atoms with Crippen molar-refractivity contribution >= 4 is 51.5 Å². The van der Waals surface area contributed by atoms with Crippen LogP contribution < -0.4 is 16.0 Å². The summed E-state index contributed by atoms with van der Waals surface area (Å²) in [5.41, 5.74) is 4.38. The number of benzene rings is 2. The zero-order valence-electron chi connectivity index (χ0n) is 25.6. The smallest absolute Gasteiger partial charge is 0.255 e. The number of halogens is 1. The average molecular weight is 711 g/mol. The van der Waals surface area contributed by atoms with E-state index in [1.807, 2.05) is 76.2 Å². The van der Waals surface area contributed by atoms with Crippen molar-refractivity contribution in [3.8, 4) is 5.82 Å². The Labute approximate surface area is 271 Å². The van der Waals surface area contributed by atoms with Crippen LogP contribution in [0.2, 0.25) is 0 Å². The molecule has 11 nitrogen and oxygen atoms in total. The third-order valence-corrected chi connectivity index (χ3v) is 7.84. The number of carbonyl (C=O) groups is 1. The molecule has 12 heteroatoms. The summed E-state index contributed by atoms with van der Waals surface area (Å²) in [4.78, 5) is 24.5. The number of morpholine rings is 1. The lowest BCUT2D eigenvalue weighted by Gasteiger charge is -2.26. The van der Waals surface area contributed by atoms with E-state index >= 15 is 0 Å². The van der Waals surface area contributed by atoms with Gasteiger partial charge in [-0.25, -0.2) is 9.97 Å². The van der Waals surface area contributed by atoms with Crippen LogP contribution in [0.3, 0.4) is 0 Å². The fraction of sp³-hybridized carbons (Fsp3) is 0.375. The Morgan fingerprint density at radius 3 is 2.68 bits per heavy atom. The molecule has 0 atom stereocenters. The molecule has 2 aromatic carbocycles. The molecule has 1 amide bonds. The summed E-state index contributed by atoms with van der Waals surface area (Å²) in [5.74, 6) is 1.93. The van der Waals surface area contributed by atoms with Gasteiger partial charge in [-0.2, -0.15) is 9.78 Å². The van der Waals surface area contributed by atoms with Gasteiger partial charge >= 0.3 is 0 Å². The number of hydrogen-bond donors (Lipinski definition) is 3. The summed E-state index contributed by atoms with van der Waals surface area (Å²) in [6, 6.07) is 17.2. The molecule has 1 saturated heterocycles. The lowest BCUT2D eigenvalue weighted by Crippen LogP contribution is -2.39. The van der Waals surface area contributed by atoms with Crippen molar-refractivity contribution in [3.63, 3.8) is 0 Å². The Bertz CT molecular complexity index is 1590. The van der Waals surface area contributed by atoms with E-state index < -0.39 is 5.60 Å². The van der Waals surface area contributed by atoms with Crippen LogP contribution in [-0.2, 0) is 15.1 Å². The van der Waals surface area contributed by atoms with Crippen LogP contribution in [0.15, 0.2) is 60.9 Å². The third kappa shape index (κ3) is 8.11. The maximum atomic E-state index is 13.2. The van der Waals surface area contributed by atoms with Crippen molar-refractivity contribution < 1.29 is 14.3 Å². The highest BCUT2D eigenvalue weighted by molar-refractivity contribution is 14.1. The van der Waals surface area contributed by atoms with Gasteiger partial charge in [0.05, 0.1) is 29.1 Å². The van der Waals surface area contributed by atoms with E-state index in [9.17, 15) is 4.79 Å². The first-order valence-corrected chi connectivity index (χ1v) is 16.2. The van der Waals surface area contributed by atoms with E-state index in [1.54, 1.807) is 17.1 Å². The number of ether oxygens (including phenoxy) is 2. The molecule has 0 radical (unpaired) electrons. The Morgan fingerprint density at radius 2 is 1.89 bits per heavy atom. The van der Waals surface area contributed by atoms with Crippen molar-refractivity contribution in [2.45, 2.75) is 33.3 Å². The second-order valence-electron chi connectivity index (χ2n) is 11.2. The number of aryl methyl sites for hydroxylation is 2. The molecule has 0 bridgehead atoms. The standard InChI is InChI=1S/C32H39IN8O3/c1-22-8-9-26(37-31(42)24-6-5-7-25(17-24)32(3,4)44-20-33)18-27(22)38-30-16-23(2)39-41(30)29-19-28(35-21-36-29)34-10-11-40-12-14-43-15-13-40/h5-9,16-19,21,38H,10-15,20H2,1-4H3,(H,37,42)(H,34,35,36). The lowest BCUT2D eigenvalue weighted by molar-refractivity contribution is 0.0139. The maximum absolute atomic E-state index is 13.2. The van der Waals surface area contributed by atoms with E-state index in [2.05, 4.69) is 58.5 Å². The molecular formula is C32H39IN8O3. The molecule has 0 spiro atoms. The van der Waals surface area contributed by atoms with E-state index in [4.69, 9.17) is 9.47 Å². The van der Waals surface area contributed by atoms with Gasteiger partial charge in [0.25, 0.3) is 5.91 Å². The van der Waals surface area contributed by atoms with Gasteiger partial charge < -0.3 is 25.4 Å². The van der Waals surface area contributed by atoms with Crippen molar-refractivity contribution in [2.24, 2.45) is 0 Å². The Kier molecular flexibility index (Phi) is 10.5. The Morgan fingerprint density at radius 1 is 1.07 bits per heavy atom. The van der Waals surface area contributed by atoms with Crippen molar-refractivity contribution in [1.82, 2.24) is 24.6 Å². The average Bonchev–Trinajstić information content (AvgIpc) is 3.39. The zero-order chi connectivity index (χ0) is 31.1. The predicted molar refractivity (Wildman–Crippen MR) is 181 cm³/mol. The summed E-state index contributed by atoms with van der Waals surface area (Å²) >= 11 is 2.18. The van der Waals surface area contributed by atoms with Crippen LogP contribution >= 0.6 is 22.6 Å². The second-order valence-corrected chi connectivity index (χ2v) is 11.8. The fourth-order valence-corrected chi connectivity index (χ4v) is 5.70. The van der Waals surface area contributed by atoms with Gasteiger partial charge in [-0.05, 0) is 63.1 Å². The number of anilines is 4. The first kappa shape index (κ1) is 31.8. The van der Waals surface area contributed by atoms with Gasteiger partial charge in [0.1, 0.15) is 18.0 Å². The van der Waals surface area contributed by atoms with Crippen LogP contribution in [0.25, 0.3) is 5.82 Å². The number of alkyl halides is 1. The molecule has 3 N–H and O–H groups in total. The zero-order valence-corrected chi connectivity index (χ0v) is 27.7. The SMILES string of the molecule is Cc1cc(Nc2cc(NC(=O)c3cccc(C(C)(C)OCI)c3)ccc2C)n(-c2cc(NCCN3CCOCC3)ncn2)n1. The van der Waals surface area contributed by atoms with Crippen LogP contribution in [0.4, 0.5) is 23.0 Å². The van der Waals surface area contributed by atoms with Gasteiger partial charge in [0.15, 0.2) is 5.82 Å². The normalized spacial score (nSPS) is 13.9. The van der Waals surface area contributed by atoms with Gasteiger partial charge in [-0.1, -0.05) is 40.8 Å². The summed E-state index contributed by atoms with van der Waals surface area (Å²) in [6.45, 7) is 13.1. The molecule has 1 fully saturated rings. The molecule has 4 aromatic rings. The van der Waals surface area contributed by atoms with Gasteiger partial charge in [-0.3, -0.25) is 9.69 Å². The minimum Gasteiger partial charge on any atom is -0.379 e. The van der Waals surface area contributed by atoms with Crippen molar-refractivity contribution in [3.05, 3.63) is 83.3 Å². The van der Waals surface area contributed by atoms with Crippen molar-refractivity contribution in [1.29, 1.82) is 0 Å². The Hall–Kier alpha value is -3.59. The molecule has 3 heterocycles. The lowest BCUT2D eigenvalue weighted by atomic mass is 9.96. The quantitative estimate of drug-likeness (QED) is 0.126. The summed E-state index contributed by atoms with van der Waals surface area (Å²) in [6.07, 6.45) is 1.54. The molecule has 1 aliphatic rings. The fourth-order valence-electron chi connectivity index (χ4n) is 4.92. The number of amides is 1. The molecule has 0 aliphatic carbocycles. The highest BCUT2D eigenvalue weighted by atomic mass is 127. The topological polar surface area (TPSA) is 118 Å². The molecule has 5 rings (SSSR count). The molecule has 0 saturated carbocycles. The molecule has 232 valence electrons. The first-order valence-electron chi connectivity index (χ1n) is 14.6. The van der Waals surface area contributed by atoms with E-state index in [0.717, 1.165) is 73.5 Å². The molecule has 44 heavy (non-hydrogen) atoms. The summed E-state index contributed by atoms with van der Waals surface area (Å²) in [7, 11) is 0. The number of aromatic nitrogens is 4. The number of rotatable bonds is 12. The second kappa shape index (κ2) is 14.5. The van der Waals surface area contributed by atoms with Crippen LogP contribution in [0.1, 0.15) is 41.0 Å². The van der Waals surface area contributed by atoms with E-state index in [1.165, 1.54) is 0 Å². The van der Waals surface area contributed by atoms with Crippen LogP contribution in [0.5, 0.6) is 0 Å². The minimum atomic E-state index is -0.497. The molecule has 2 aromatic heterocycles. The van der Waals surface area contributed by atoms with Gasteiger partial charge in [-0.15, -0.1) is 0 Å². The number of carbonyl (C=O) groups excluding carboxylic acids is 1. The van der Waals surface area contributed by atoms with Gasteiger partial charge in [0, 0.05) is 55.2 Å².